The molecule has 0 aliphatic heterocycles. The number of carbonyl (C=O) groups is 1. The minimum atomic E-state index is -3.39. The molecular formula is C15H19ClN2O3S. The van der Waals surface area contributed by atoms with Crippen molar-refractivity contribution < 1.29 is 13.2 Å². The zero-order chi connectivity index (χ0) is 15.9. The molecule has 1 amide bonds. The van der Waals surface area contributed by atoms with Gasteiger partial charge in [0.25, 0.3) is 5.91 Å². The highest BCUT2D eigenvalue weighted by molar-refractivity contribution is 7.92. The van der Waals surface area contributed by atoms with E-state index in [2.05, 4.69) is 10.0 Å². The van der Waals surface area contributed by atoms with Gasteiger partial charge in [-0.15, -0.1) is 0 Å². The summed E-state index contributed by atoms with van der Waals surface area (Å²) in [6, 6.07) is 4.77. The van der Waals surface area contributed by atoms with Crippen molar-refractivity contribution in [3.05, 3.63) is 28.8 Å². The second-order valence-electron chi connectivity index (χ2n) is 6.32. The van der Waals surface area contributed by atoms with Gasteiger partial charge in [-0.1, -0.05) is 18.0 Å². The van der Waals surface area contributed by atoms with Gasteiger partial charge in [0.15, 0.2) is 0 Å². The Morgan fingerprint density at radius 3 is 2.64 bits per heavy atom. The number of hydrogen-bond acceptors (Lipinski definition) is 3. The highest BCUT2D eigenvalue weighted by Gasteiger charge is 2.40. The smallest absolute Gasteiger partial charge is 0.253 e. The molecule has 2 aliphatic rings. The monoisotopic (exact) mass is 342 g/mol. The highest BCUT2D eigenvalue weighted by atomic mass is 35.5. The van der Waals surface area contributed by atoms with E-state index in [0.29, 0.717) is 22.2 Å². The third kappa shape index (κ3) is 3.38. The molecule has 0 aromatic heterocycles. The maximum absolute atomic E-state index is 12.4. The van der Waals surface area contributed by atoms with E-state index in [1.54, 1.807) is 0 Å². The number of fused-ring (bicyclic) bond motifs is 2. The molecule has 1 aromatic rings. The molecule has 120 valence electrons. The summed E-state index contributed by atoms with van der Waals surface area (Å²) in [7, 11) is -3.39. The molecule has 0 radical (unpaired) electrons. The fourth-order valence-corrected chi connectivity index (χ4v) is 4.40. The summed E-state index contributed by atoms with van der Waals surface area (Å²) in [4.78, 5) is 12.4. The molecule has 2 aliphatic carbocycles. The van der Waals surface area contributed by atoms with Crippen molar-refractivity contribution in [2.75, 3.05) is 11.0 Å². The molecular weight excluding hydrogens is 324 g/mol. The number of amides is 1. The van der Waals surface area contributed by atoms with E-state index < -0.39 is 10.0 Å². The van der Waals surface area contributed by atoms with Gasteiger partial charge in [-0.2, -0.15) is 0 Å². The minimum absolute atomic E-state index is 0.217. The van der Waals surface area contributed by atoms with Gasteiger partial charge in [-0.3, -0.25) is 9.52 Å². The molecule has 3 atom stereocenters. The maximum Gasteiger partial charge on any atom is 0.253 e. The number of carbonyl (C=O) groups excluding carboxylic acids is 1. The number of sulfonamides is 1. The molecule has 7 heteroatoms. The molecule has 2 bridgehead atoms. The highest BCUT2D eigenvalue weighted by Crippen LogP contribution is 2.44. The second-order valence-corrected chi connectivity index (χ2v) is 8.48. The summed E-state index contributed by atoms with van der Waals surface area (Å²) in [5.74, 6) is 1.08. The standard InChI is InChI=1S/C15H19ClN2O3S/c1-22(20,21)18-11-4-5-13(16)12(8-11)15(19)17-14-7-9-2-3-10(14)6-9/h4-5,8-10,14,18H,2-3,6-7H2,1H3,(H,17,19)/t9-,10-,14+/m0/s1. The first-order chi connectivity index (χ1) is 10.3. The van der Waals surface area contributed by atoms with Gasteiger partial charge in [0.2, 0.25) is 10.0 Å². The summed E-state index contributed by atoms with van der Waals surface area (Å²) in [6.07, 6.45) is 5.75. The minimum Gasteiger partial charge on any atom is -0.349 e. The number of rotatable bonds is 4. The fraction of sp³-hybridized carbons (Fsp3) is 0.533. The van der Waals surface area contributed by atoms with Crippen molar-refractivity contribution in [1.29, 1.82) is 0 Å². The Bertz CT molecular complexity index is 705. The van der Waals surface area contributed by atoms with Crippen LogP contribution in [0.5, 0.6) is 0 Å². The van der Waals surface area contributed by atoms with Crippen molar-refractivity contribution >= 4 is 33.2 Å². The molecule has 22 heavy (non-hydrogen) atoms. The number of hydrogen-bond donors (Lipinski definition) is 2. The van der Waals surface area contributed by atoms with Crippen LogP contribution >= 0.6 is 11.6 Å². The fourth-order valence-electron chi connectivity index (χ4n) is 3.64. The van der Waals surface area contributed by atoms with Gasteiger partial charge < -0.3 is 5.32 Å². The zero-order valence-electron chi connectivity index (χ0n) is 12.3. The van der Waals surface area contributed by atoms with Gasteiger partial charge in [0, 0.05) is 11.7 Å². The molecule has 5 nitrogen and oxygen atoms in total. The Balaban J connectivity index is 1.75. The van der Waals surface area contributed by atoms with Gasteiger partial charge >= 0.3 is 0 Å². The summed E-state index contributed by atoms with van der Waals surface area (Å²) >= 11 is 6.09. The quantitative estimate of drug-likeness (QED) is 0.883. The van der Waals surface area contributed by atoms with E-state index in [4.69, 9.17) is 11.6 Å². The third-order valence-corrected chi connectivity index (χ3v) is 5.50. The summed E-state index contributed by atoms with van der Waals surface area (Å²) in [6.45, 7) is 0. The first-order valence-corrected chi connectivity index (χ1v) is 9.67. The Hall–Kier alpha value is -1.27. The predicted molar refractivity (Wildman–Crippen MR) is 86.6 cm³/mol. The molecule has 2 fully saturated rings. The second kappa shape index (κ2) is 5.74. The van der Waals surface area contributed by atoms with Gasteiger partial charge in [-0.25, -0.2) is 8.42 Å². The van der Waals surface area contributed by atoms with Gasteiger partial charge in [-0.05, 0) is 49.3 Å². The zero-order valence-corrected chi connectivity index (χ0v) is 13.9. The van der Waals surface area contributed by atoms with Gasteiger partial charge in [0.1, 0.15) is 0 Å². The van der Waals surface area contributed by atoms with E-state index in [-0.39, 0.29) is 11.9 Å². The molecule has 2 saturated carbocycles. The van der Waals surface area contributed by atoms with E-state index in [9.17, 15) is 13.2 Å². The van der Waals surface area contributed by atoms with Crippen LogP contribution < -0.4 is 10.0 Å². The Kier molecular flexibility index (Phi) is 4.07. The van der Waals surface area contributed by atoms with Crippen molar-refractivity contribution in [2.24, 2.45) is 11.8 Å². The van der Waals surface area contributed by atoms with Crippen LogP contribution in [0.4, 0.5) is 5.69 Å². The van der Waals surface area contributed by atoms with Crippen LogP contribution in [0, 0.1) is 11.8 Å². The normalized spacial score (nSPS) is 26.9. The molecule has 3 rings (SSSR count). The SMILES string of the molecule is CS(=O)(=O)Nc1ccc(Cl)c(C(=O)N[C@@H]2C[C@H]3CC[C@H]2C3)c1. The average Bonchev–Trinajstić information content (AvgIpc) is 3.01. The van der Waals surface area contributed by atoms with Crippen LogP contribution in [0.15, 0.2) is 18.2 Å². The van der Waals surface area contributed by atoms with Crippen LogP contribution in [-0.4, -0.2) is 26.6 Å². The first kappa shape index (κ1) is 15.6. The molecule has 2 N–H and O–H groups in total. The molecule has 1 aromatic carbocycles. The van der Waals surface area contributed by atoms with E-state index in [0.717, 1.165) is 18.6 Å². The Morgan fingerprint density at radius 2 is 2.05 bits per heavy atom. The van der Waals surface area contributed by atoms with Crippen LogP contribution in [0.3, 0.4) is 0 Å². The largest absolute Gasteiger partial charge is 0.349 e. The van der Waals surface area contributed by atoms with Crippen LogP contribution in [0.25, 0.3) is 0 Å². The summed E-state index contributed by atoms with van der Waals surface area (Å²) < 4.78 is 24.9. The van der Waals surface area contributed by atoms with E-state index in [1.807, 2.05) is 0 Å². The predicted octanol–water partition coefficient (Wildman–Crippen LogP) is 2.63. The molecule has 0 heterocycles. The maximum atomic E-state index is 12.4. The lowest BCUT2D eigenvalue weighted by atomic mass is 9.95. The number of halogens is 1. The summed E-state index contributed by atoms with van der Waals surface area (Å²) in [5.41, 5.74) is 0.642. The third-order valence-electron chi connectivity index (χ3n) is 4.57. The molecule has 0 saturated heterocycles. The van der Waals surface area contributed by atoms with Crippen molar-refractivity contribution in [3.63, 3.8) is 0 Å². The average molecular weight is 343 g/mol. The summed E-state index contributed by atoms with van der Waals surface area (Å²) in [5, 5.41) is 3.38. The number of nitrogens with one attached hydrogen (secondary N) is 2. The van der Waals surface area contributed by atoms with Crippen molar-refractivity contribution in [1.82, 2.24) is 5.32 Å². The van der Waals surface area contributed by atoms with Crippen molar-refractivity contribution in [3.8, 4) is 0 Å². The Morgan fingerprint density at radius 1 is 1.27 bits per heavy atom. The lowest BCUT2D eigenvalue weighted by molar-refractivity contribution is 0.0923. The number of anilines is 1. The van der Waals surface area contributed by atoms with E-state index >= 15 is 0 Å². The Labute approximate surface area is 135 Å². The first-order valence-electron chi connectivity index (χ1n) is 7.40. The van der Waals surface area contributed by atoms with Crippen LogP contribution in [-0.2, 0) is 10.0 Å². The lowest BCUT2D eigenvalue weighted by Gasteiger charge is -2.23. The lowest BCUT2D eigenvalue weighted by Crippen LogP contribution is -2.38. The van der Waals surface area contributed by atoms with Crippen molar-refractivity contribution in [2.45, 2.75) is 31.7 Å². The van der Waals surface area contributed by atoms with E-state index in [1.165, 1.54) is 37.5 Å². The molecule has 0 spiro atoms. The number of benzene rings is 1. The molecule has 0 unspecified atom stereocenters. The van der Waals surface area contributed by atoms with Gasteiger partial charge in [0.05, 0.1) is 16.8 Å². The topological polar surface area (TPSA) is 75.3 Å². The van der Waals surface area contributed by atoms with Crippen LogP contribution in [0.2, 0.25) is 5.02 Å². The van der Waals surface area contributed by atoms with Crippen LogP contribution in [0.1, 0.15) is 36.0 Å².